The van der Waals surface area contributed by atoms with Gasteiger partial charge in [0, 0.05) is 31.6 Å². The number of benzene rings is 1. The first-order valence-electron chi connectivity index (χ1n) is 13.7. The van der Waals surface area contributed by atoms with Crippen LogP contribution in [0.5, 0.6) is 11.5 Å². The van der Waals surface area contributed by atoms with Crippen LogP contribution in [0.15, 0.2) is 18.2 Å². The number of carbonyl (C=O) groups is 3. The molecule has 41 heavy (non-hydrogen) atoms. The smallest absolute Gasteiger partial charge is 0.410 e. The molecule has 0 spiro atoms. The average Bonchev–Trinajstić information content (AvgIpc) is 3.01. The Balaban J connectivity index is 1.64. The third-order valence-electron chi connectivity index (χ3n) is 7.58. The van der Waals surface area contributed by atoms with Gasteiger partial charge in [-0.3, -0.25) is 14.5 Å². The monoisotopic (exact) mass is 588 g/mol. The predicted molar refractivity (Wildman–Crippen MR) is 150 cm³/mol. The minimum Gasteiger partial charge on any atom is -0.507 e. The van der Waals surface area contributed by atoms with E-state index >= 15 is 4.39 Å². The third-order valence-corrected chi connectivity index (χ3v) is 7.93. The fourth-order valence-corrected chi connectivity index (χ4v) is 5.94. The maximum absolute atomic E-state index is 15.1. The highest BCUT2D eigenvalue weighted by molar-refractivity contribution is 6.35. The number of amides is 3. The molecule has 2 aromatic rings. The van der Waals surface area contributed by atoms with Crippen molar-refractivity contribution in [1.29, 1.82) is 0 Å². The van der Waals surface area contributed by atoms with Gasteiger partial charge >= 0.3 is 6.09 Å². The van der Waals surface area contributed by atoms with Crippen LogP contribution in [0.1, 0.15) is 64.2 Å². The molecule has 0 saturated carbocycles. The molecule has 0 aliphatic carbocycles. The van der Waals surface area contributed by atoms with Crippen molar-refractivity contribution in [3.8, 4) is 22.8 Å². The fourth-order valence-electron chi connectivity index (χ4n) is 5.65. The van der Waals surface area contributed by atoms with Gasteiger partial charge < -0.3 is 24.4 Å². The Morgan fingerprint density at radius 1 is 1.22 bits per heavy atom. The van der Waals surface area contributed by atoms with Gasteiger partial charge in [0.2, 0.25) is 5.91 Å². The van der Waals surface area contributed by atoms with Crippen molar-refractivity contribution in [2.45, 2.75) is 71.1 Å². The van der Waals surface area contributed by atoms with E-state index in [1.165, 1.54) is 21.9 Å². The molecule has 5 rings (SSSR count). The lowest BCUT2D eigenvalue weighted by Gasteiger charge is -2.43. The van der Waals surface area contributed by atoms with Crippen molar-refractivity contribution < 1.29 is 33.4 Å². The molecule has 1 atom stereocenters. The number of piperidine rings is 1. The number of piperazine rings is 1. The summed E-state index contributed by atoms with van der Waals surface area (Å²) in [5, 5.41) is 10.4. The van der Waals surface area contributed by atoms with Crippen molar-refractivity contribution in [1.82, 2.24) is 14.8 Å². The summed E-state index contributed by atoms with van der Waals surface area (Å²) in [4.78, 5) is 49.6. The zero-order chi connectivity index (χ0) is 29.9. The molecule has 220 valence electrons. The number of anilines is 1. The van der Waals surface area contributed by atoms with Gasteiger partial charge in [-0.25, -0.2) is 14.2 Å². The Kier molecular flexibility index (Phi) is 7.30. The maximum atomic E-state index is 15.1. The van der Waals surface area contributed by atoms with E-state index < -0.39 is 40.7 Å². The summed E-state index contributed by atoms with van der Waals surface area (Å²) >= 11 is 6.79. The van der Waals surface area contributed by atoms with Crippen LogP contribution in [0.3, 0.4) is 0 Å². The first kappa shape index (κ1) is 28.9. The number of ether oxygens (including phenoxy) is 2. The summed E-state index contributed by atoms with van der Waals surface area (Å²) in [6.07, 6.45) is 1.06. The third kappa shape index (κ3) is 5.27. The number of pyridine rings is 1. The van der Waals surface area contributed by atoms with Gasteiger partial charge in [0.15, 0.2) is 11.6 Å². The molecule has 4 heterocycles. The van der Waals surface area contributed by atoms with Crippen molar-refractivity contribution in [2.75, 3.05) is 31.1 Å². The van der Waals surface area contributed by atoms with E-state index in [4.69, 9.17) is 21.1 Å². The second-order valence-electron chi connectivity index (χ2n) is 12.2. The van der Waals surface area contributed by atoms with Crippen LogP contribution in [0.4, 0.5) is 15.0 Å². The van der Waals surface area contributed by atoms with Gasteiger partial charge in [-0.2, -0.15) is 0 Å². The number of aromatic hydroxyl groups is 1. The quantitative estimate of drug-likeness (QED) is 0.525. The van der Waals surface area contributed by atoms with Gasteiger partial charge in [0.25, 0.3) is 5.91 Å². The molecule has 1 aromatic heterocycles. The normalized spacial score (nSPS) is 20.7. The molecule has 0 radical (unpaired) electrons. The van der Waals surface area contributed by atoms with E-state index in [2.05, 4.69) is 4.98 Å². The maximum Gasteiger partial charge on any atom is 0.410 e. The van der Waals surface area contributed by atoms with Crippen LogP contribution in [-0.2, 0) is 9.53 Å². The predicted octanol–water partition coefficient (Wildman–Crippen LogP) is 5.00. The van der Waals surface area contributed by atoms with E-state index in [0.29, 0.717) is 12.8 Å². The van der Waals surface area contributed by atoms with E-state index in [1.807, 2.05) is 13.8 Å². The lowest BCUT2D eigenvalue weighted by molar-refractivity contribution is -0.121. The van der Waals surface area contributed by atoms with Gasteiger partial charge in [0.05, 0.1) is 11.6 Å². The summed E-state index contributed by atoms with van der Waals surface area (Å²) in [5.74, 6) is -1.94. The van der Waals surface area contributed by atoms with Crippen LogP contribution in [0, 0.1) is 5.82 Å². The van der Waals surface area contributed by atoms with Crippen LogP contribution < -0.4 is 9.64 Å². The number of carbonyl (C=O) groups excluding carboxylic acids is 3. The van der Waals surface area contributed by atoms with E-state index in [9.17, 15) is 19.5 Å². The summed E-state index contributed by atoms with van der Waals surface area (Å²) in [7, 11) is 0. The van der Waals surface area contributed by atoms with Gasteiger partial charge in [-0.1, -0.05) is 17.7 Å². The molecule has 0 unspecified atom stereocenters. The second-order valence-corrected chi connectivity index (χ2v) is 12.6. The fraction of sp³-hybridized carbons (Fsp3) is 0.517. The highest BCUT2D eigenvalue weighted by Gasteiger charge is 2.45. The first-order chi connectivity index (χ1) is 19.2. The summed E-state index contributed by atoms with van der Waals surface area (Å²) in [5.41, 5.74) is -1.83. The molecule has 10 nitrogen and oxygen atoms in total. The molecule has 3 aliphatic heterocycles. The molecule has 3 amide bonds. The minimum absolute atomic E-state index is 0.00280. The van der Waals surface area contributed by atoms with Crippen LogP contribution in [-0.4, -0.2) is 81.2 Å². The number of aromatic nitrogens is 1. The molecule has 3 aliphatic rings. The zero-order valence-corrected chi connectivity index (χ0v) is 24.5. The van der Waals surface area contributed by atoms with E-state index in [0.717, 1.165) is 6.07 Å². The minimum atomic E-state index is -0.778. The number of fused-ring (bicyclic) bond motifs is 2. The van der Waals surface area contributed by atoms with E-state index in [1.54, 1.807) is 25.7 Å². The molecule has 1 N–H and O–H groups in total. The first-order valence-corrected chi connectivity index (χ1v) is 14.0. The zero-order valence-electron chi connectivity index (χ0n) is 23.8. The molecule has 12 heteroatoms. The Morgan fingerprint density at radius 2 is 1.95 bits per heavy atom. The standard InChI is InChI=1S/C29H34ClFN4O6/c1-28(2,3)41-27(39)33-12-13-34-16(14-33)15-40-24-21(26(34)38)25(35-19(37)10-7-11-29(35,4)5)32-23(22(24)30)20-17(31)8-6-9-18(20)36/h6,8-9,16,36H,7,10-15H2,1-5H3/t16-/m1/s1. The van der Waals surface area contributed by atoms with Crippen molar-refractivity contribution in [3.05, 3.63) is 34.6 Å². The molecule has 1 aromatic carbocycles. The Morgan fingerprint density at radius 3 is 2.61 bits per heavy atom. The highest BCUT2D eigenvalue weighted by atomic mass is 35.5. The Labute approximate surface area is 243 Å². The molecule has 0 bridgehead atoms. The van der Waals surface area contributed by atoms with Crippen LogP contribution in [0.2, 0.25) is 5.02 Å². The number of phenols is 1. The largest absolute Gasteiger partial charge is 0.507 e. The summed E-state index contributed by atoms with van der Waals surface area (Å²) < 4.78 is 26.8. The van der Waals surface area contributed by atoms with Crippen molar-refractivity contribution in [3.63, 3.8) is 0 Å². The highest BCUT2D eigenvalue weighted by Crippen LogP contribution is 2.47. The van der Waals surface area contributed by atoms with Gasteiger partial charge in [-0.15, -0.1) is 0 Å². The lowest BCUT2D eigenvalue weighted by atomic mass is 9.89. The molecular formula is C29H34ClFN4O6. The summed E-state index contributed by atoms with van der Waals surface area (Å²) in [6, 6.07) is 3.26. The average molecular weight is 589 g/mol. The van der Waals surface area contributed by atoms with E-state index in [-0.39, 0.29) is 72.0 Å². The van der Waals surface area contributed by atoms with Gasteiger partial charge in [-0.05, 0) is 59.6 Å². The number of phenolic OH excluding ortho intramolecular Hbond substituents is 1. The van der Waals surface area contributed by atoms with Crippen molar-refractivity contribution >= 4 is 35.3 Å². The topological polar surface area (TPSA) is 113 Å². The summed E-state index contributed by atoms with van der Waals surface area (Å²) in [6.45, 7) is 9.64. The molecule has 2 saturated heterocycles. The van der Waals surface area contributed by atoms with Crippen molar-refractivity contribution in [2.24, 2.45) is 0 Å². The molecular weight excluding hydrogens is 555 g/mol. The Hall–Kier alpha value is -3.60. The number of rotatable bonds is 2. The van der Waals surface area contributed by atoms with Gasteiger partial charge in [0.1, 0.15) is 40.1 Å². The number of hydrogen-bond acceptors (Lipinski definition) is 7. The second kappa shape index (κ2) is 10.3. The van der Waals surface area contributed by atoms with Crippen LogP contribution >= 0.6 is 11.6 Å². The number of halogens is 2. The SMILES string of the molecule is CC(C)(C)OC(=O)N1CCN2C(=O)c3c(N4C(=O)CCCC4(C)C)nc(-c4c(O)cccc4F)c(Cl)c3OC[C@H]2C1. The molecule has 2 fully saturated rings. The lowest BCUT2D eigenvalue weighted by Crippen LogP contribution is -2.58. The number of hydrogen-bond donors (Lipinski definition) is 1. The number of nitrogens with zero attached hydrogens (tertiary/aromatic N) is 4. The Bertz CT molecular complexity index is 1400. The van der Waals surface area contributed by atoms with Crippen LogP contribution in [0.25, 0.3) is 11.3 Å².